The Bertz CT molecular complexity index is 3550. The van der Waals surface area contributed by atoms with Gasteiger partial charge in [0.15, 0.2) is 0 Å². The molecule has 0 aliphatic heterocycles. The minimum absolute atomic E-state index is 0.860. The van der Waals surface area contributed by atoms with Crippen LogP contribution in [0.25, 0.3) is 93.6 Å². The maximum atomic E-state index is 6.78. The van der Waals surface area contributed by atoms with E-state index < -0.39 is 0 Å². The molecule has 0 saturated carbocycles. The van der Waals surface area contributed by atoms with Crippen LogP contribution in [0.2, 0.25) is 0 Å². The minimum Gasteiger partial charge on any atom is -0.456 e. The predicted octanol–water partition coefficient (Wildman–Crippen LogP) is 16.3. The summed E-state index contributed by atoms with van der Waals surface area (Å²) in [4.78, 5) is 2.35. The van der Waals surface area contributed by atoms with Gasteiger partial charge in [-0.25, -0.2) is 0 Å². The summed E-state index contributed by atoms with van der Waals surface area (Å²) in [5.41, 5.74) is 15.6. The van der Waals surface area contributed by atoms with Gasteiger partial charge in [0, 0.05) is 50.1 Å². The molecule has 0 saturated heterocycles. The van der Waals surface area contributed by atoms with Gasteiger partial charge in [-0.2, -0.15) is 0 Å². The molecular formula is C58H38N2O. The van der Waals surface area contributed by atoms with Gasteiger partial charge in [0.05, 0.1) is 16.7 Å². The molecule has 12 aromatic rings. The molecule has 10 aromatic carbocycles. The second kappa shape index (κ2) is 14.3. The lowest BCUT2D eigenvalue weighted by Gasteiger charge is -2.27. The van der Waals surface area contributed by atoms with Gasteiger partial charge >= 0.3 is 0 Å². The Morgan fingerprint density at radius 1 is 0.311 bits per heavy atom. The molecule has 12 rings (SSSR count). The minimum atomic E-state index is 0.860. The smallest absolute Gasteiger partial charge is 0.138 e. The van der Waals surface area contributed by atoms with E-state index in [0.717, 1.165) is 61.0 Å². The Morgan fingerprint density at radius 3 is 1.51 bits per heavy atom. The molecule has 0 amide bonds. The summed E-state index contributed by atoms with van der Waals surface area (Å²) in [5.74, 6) is 0. The number of hydrogen-bond donors (Lipinski definition) is 0. The number of furan rings is 1. The lowest BCUT2D eigenvalue weighted by molar-refractivity contribution is 0.669. The van der Waals surface area contributed by atoms with Crippen molar-refractivity contribution in [2.24, 2.45) is 0 Å². The number of hydrogen-bond acceptors (Lipinski definition) is 2. The molecule has 2 heterocycles. The van der Waals surface area contributed by atoms with E-state index >= 15 is 0 Å². The molecule has 61 heavy (non-hydrogen) atoms. The van der Waals surface area contributed by atoms with Gasteiger partial charge in [-0.05, 0) is 105 Å². The first-order chi connectivity index (χ1) is 30.2. The maximum absolute atomic E-state index is 6.78. The van der Waals surface area contributed by atoms with E-state index in [2.05, 4.69) is 240 Å². The van der Waals surface area contributed by atoms with E-state index in [9.17, 15) is 0 Å². The van der Waals surface area contributed by atoms with Crippen LogP contribution in [0, 0.1) is 0 Å². The molecule has 0 atom stereocenters. The van der Waals surface area contributed by atoms with E-state index in [4.69, 9.17) is 4.42 Å². The van der Waals surface area contributed by atoms with Gasteiger partial charge in [-0.1, -0.05) is 158 Å². The van der Waals surface area contributed by atoms with Crippen molar-refractivity contribution in [1.82, 2.24) is 4.57 Å². The van der Waals surface area contributed by atoms with E-state index in [1.807, 2.05) is 0 Å². The summed E-state index contributed by atoms with van der Waals surface area (Å²) in [6.45, 7) is 0. The first-order valence-corrected chi connectivity index (χ1v) is 20.8. The van der Waals surface area contributed by atoms with Crippen LogP contribution in [-0.4, -0.2) is 4.57 Å². The third-order valence-corrected chi connectivity index (χ3v) is 12.2. The highest BCUT2D eigenvalue weighted by atomic mass is 16.3. The molecule has 3 heteroatoms. The number of fused-ring (bicyclic) bond motifs is 8. The number of anilines is 3. The highest BCUT2D eigenvalue weighted by molar-refractivity contribution is 6.23. The summed E-state index contributed by atoms with van der Waals surface area (Å²) in [5, 5.41) is 7.02. The van der Waals surface area contributed by atoms with Crippen LogP contribution in [0.5, 0.6) is 0 Å². The molecule has 0 fully saturated rings. The molecule has 0 aliphatic carbocycles. The average Bonchev–Trinajstić information content (AvgIpc) is 3.88. The van der Waals surface area contributed by atoms with Crippen molar-refractivity contribution in [1.29, 1.82) is 0 Å². The third kappa shape index (κ3) is 5.90. The summed E-state index contributed by atoms with van der Waals surface area (Å²) in [6, 6.07) is 82.7. The largest absolute Gasteiger partial charge is 0.456 e. The van der Waals surface area contributed by atoms with Crippen LogP contribution < -0.4 is 4.90 Å². The summed E-state index contributed by atoms with van der Waals surface area (Å²) >= 11 is 0. The van der Waals surface area contributed by atoms with Crippen molar-refractivity contribution in [3.05, 3.63) is 231 Å². The SMILES string of the molecule is c1ccc(-c2ccc(-c3ccc(N(c4ccccc4)c4cc5oc6ccc(-c7ccc8c(c7)c7ccccc7n8-c7ccccc7)cc6c5c5ccccc45)cc3)cc2)cc1. The maximum Gasteiger partial charge on any atom is 0.138 e. The lowest BCUT2D eigenvalue weighted by Crippen LogP contribution is -2.10. The number of para-hydroxylation sites is 3. The highest BCUT2D eigenvalue weighted by Crippen LogP contribution is 2.46. The average molecular weight is 779 g/mol. The molecule has 3 nitrogen and oxygen atoms in total. The van der Waals surface area contributed by atoms with Crippen LogP contribution >= 0.6 is 0 Å². The fraction of sp³-hybridized carbons (Fsp3) is 0. The van der Waals surface area contributed by atoms with Crippen molar-refractivity contribution in [2.45, 2.75) is 0 Å². The van der Waals surface area contributed by atoms with Crippen LogP contribution in [-0.2, 0) is 0 Å². The topological polar surface area (TPSA) is 21.3 Å². The number of nitrogens with zero attached hydrogens (tertiary/aromatic N) is 2. The van der Waals surface area contributed by atoms with Gasteiger partial charge in [-0.3, -0.25) is 0 Å². The highest BCUT2D eigenvalue weighted by Gasteiger charge is 2.21. The summed E-state index contributed by atoms with van der Waals surface area (Å²) in [7, 11) is 0. The molecule has 286 valence electrons. The zero-order valence-electron chi connectivity index (χ0n) is 33.2. The van der Waals surface area contributed by atoms with E-state index in [1.165, 1.54) is 49.6 Å². The fourth-order valence-corrected chi connectivity index (χ4v) is 9.29. The Hall–Kier alpha value is -8.14. The fourth-order valence-electron chi connectivity index (χ4n) is 9.29. The van der Waals surface area contributed by atoms with E-state index in [1.54, 1.807) is 0 Å². The normalized spacial score (nSPS) is 11.6. The van der Waals surface area contributed by atoms with Gasteiger partial charge in [-0.15, -0.1) is 0 Å². The molecule has 0 unspecified atom stereocenters. The first-order valence-electron chi connectivity index (χ1n) is 20.8. The van der Waals surface area contributed by atoms with E-state index in [-0.39, 0.29) is 0 Å². The first kappa shape index (κ1) is 34.9. The predicted molar refractivity (Wildman–Crippen MR) is 257 cm³/mol. The Labute approximate surface area is 353 Å². The van der Waals surface area contributed by atoms with Crippen molar-refractivity contribution < 1.29 is 4.42 Å². The van der Waals surface area contributed by atoms with Crippen LogP contribution in [0.15, 0.2) is 235 Å². The standard InChI is InChI=1S/C58H38N2O/c1-4-14-39(15-5-1)40-24-26-41(27-25-40)42-28-32-47(33-29-42)59(45-16-6-2-7-17-45)55-38-57-58(50-22-11-10-20-48(50)55)52-37-44(31-35-56(52)61-57)43-30-34-54-51(36-43)49-21-12-13-23-53(49)60(54)46-18-8-3-9-19-46/h1-38H. The molecular weight excluding hydrogens is 741 g/mol. The number of benzene rings is 10. The van der Waals surface area contributed by atoms with Gasteiger partial charge in [0.1, 0.15) is 11.2 Å². The Kier molecular flexibility index (Phi) is 8.17. The zero-order valence-corrected chi connectivity index (χ0v) is 33.2. The van der Waals surface area contributed by atoms with Crippen LogP contribution in [0.3, 0.4) is 0 Å². The molecule has 0 bridgehead atoms. The monoisotopic (exact) mass is 778 g/mol. The molecule has 0 spiro atoms. The summed E-state index contributed by atoms with van der Waals surface area (Å²) in [6.07, 6.45) is 0. The van der Waals surface area contributed by atoms with Crippen LogP contribution in [0.1, 0.15) is 0 Å². The van der Waals surface area contributed by atoms with Crippen LogP contribution in [0.4, 0.5) is 17.1 Å². The molecule has 0 N–H and O–H groups in total. The second-order valence-electron chi connectivity index (χ2n) is 15.7. The van der Waals surface area contributed by atoms with Crippen molar-refractivity contribution in [3.8, 4) is 39.1 Å². The molecule has 0 aliphatic rings. The lowest BCUT2D eigenvalue weighted by atomic mass is 9.97. The Morgan fingerprint density at radius 2 is 0.803 bits per heavy atom. The van der Waals surface area contributed by atoms with E-state index in [0.29, 0.717) is 0 Å². The number of rotatable bonds is 7. The number of aromatic nitrogens is 1. The quantitative estimate of drug-likeness (QED) is 0.161. The van der Waals surface area contributed by atoms with Crippen molar-refractivity contribution in [2.75, 3.05) is 4.90 Å². The zero-order chi connectivity index (χ0) is 40.3. The molecule has 0 radical (unpaired) electrons. The van der Waals surface area contributed by atoms with Gasteiger partial charge in [0.2, 0.25) is 0 Å². The van der Waals surface area contributed by atoms with Crippen molar-refractivity contribution in [3.63, 3.8) is 0 Å². The van der Waals surface area contributed by atoms with Crippen molar-refractivity contribution >= 4 is 71.6 Å². The second-order valence-corrected chi connectivity index (χ2v) is 15.7. The van der Waals surface area contributed by atoms with Gasteiger partial charge in [0.25, 0.3) is 0 Å². The molecule has 2 aromatic heterocycles. The van der Waals surface area contributed by atoms with Gasteiger partial charge < -0.3 is 13.9 Å². The third-order valence-electron chi connectivity index (χ3n) is 12.2. The summed E-state index contributed by atoms with van der Waals surface area (Å²) < 4.78 is 9.15. The Balaban J connectivity index is 0.969.